The molecule has 5 rings (SSSR count). The predicted octanol–water partition coefficient (Wildman–Crippen LogP) is 4.88. The highest BCUT2D eigenvalue weighted by atomic mass is 19.4. The van der Waals surface area contributed by atoms with Crippen molar-refractivity contribution in [3.63, 3.8) is 0 Å². The Morgan fingerprint density at radius 3 is 2.25 bits per heavy atom. The van der Waals surface area contributed by atoms with E-state index in [0.717, 1.165) is 36.6 Å². The monoisotopic (exact) mass is 497 g/mol. The van der Waals surface area contributed by atoms with E-state index in [0.29, 0.717) is 49.9 Å². The molecule has 1 unspecified atom stereocenters. The molecule has 2 aliphatic heterocycles. The van der Waals surface area contributed by atoms with Crippen LogP contribution in [0.1, 0.15) is 36.5 Å². The highest BCUT2D eigenvalue weighted by molar-refractivity contribution is 5.61. The summed E-state index contributed by atoms with van der Waals surface area (Å²) in [5.74, 6) is 1.81. The van der Waals surface area contributed by atoms with Gasteiger partial charge in [-0.15, -0.1) is 0 Å². The minimum absolute atomic E-state index is 0.0253. The van der Waals surface area contributed by atoms with Crippen LogP contribution >= 0.6 is 0 Å². The van der Waals surface area contributed by atoms with Crippen LogP contribution in [0.5, 0.6) is 0 Å². The Hall–Kier alpha value is -3.43. The van der Waals surface area contributed by atoms with Crippen molar-refractivity contribution in [2.75, 3.05) is 47.4 Å². The molecule has 0 aliphatic carbocycles. The van der Waals surface area contributed by atoms with Crippen molar-refractivity contribution < 1.29 is 13.2 Å². The van der Waals surface area contributed by atoms with Gasteiger partial charge in [0.25, 0.3) is 0 Å². The first-order valence-electron chi connectivity index (χ1n) is 12.3. The molecule has 0 spiro atoms. The first-order valence-corrected chi connectivity index (χ1v) is 12.3. The summed E-state index contributed by atoms with van der Waals surface area (Å²) >= 11 is 0. The lowest BCUT2D eigenvalue weighted by atomic mass is 10.1. The molecule has 1 atom stereocenters. The molecule has 0 amide bonds. The number of halogens is 3. The highest BCUT2D eigenvalue weighted by Crippen LogP contribution is 2.35. The molecular formula is C26H30F3N7. The van der Waals surface area contributed by atoms with Gasteiger partial charge in [-0.25, -0.2) is 4.98 Å². The van der Waals surface area contributed by atoms with Gasteiger partial charge >= 0.3 is 6.18 Å². The van der Waals surface area contributed by atoms with Crippen molar-refractivity contribution in [1.82, 2.24) is 19.9 Å². The standard InChI is InChI=1S/C26H30F3N7/c1-17-8-9-20(16-18(17)2)22-31-24(33-25(32-22)36-11-5-6-19(36)3)35-14-12-34(13-15-35)23-21(26(27,28)29)7-4-10-30-23/h4,7-10,16,19H,5-6,11-15H2,1-3H3. The molecule has 0 bridgehead atoms. The minimum atomic E-state index is -4.45. The quantitative estimate of drug-likeness (QED) is 0.509. The maximum absolute atomic E-state index is 13.5. The maximum Gasteiger partial charge on any atom is 0.419 e. The van der Waals surface area contributed by atoms with Crippen LogP contribution in [0.15, 0.2) is 36.5 Å². The van der Waals surface area contributed by atoms with Gasteiger partial charge in [-0.1, -0.05) is 12.1 Å². The fourth-order valence-corrected chi connectivity index (χ4v) is 4.85. The molecule has 10 heteroatoms. The molecule has 190 valence electrons. The van der Waals surface area contributed by atoms with Crippen molar-refractivity contribution in [3.8, 4) is 11.4 Å². The van der Waals surface area contributed by atoms with E-state index in [9.17, 15) is 13.2 Å². The van der Waals surface area contributed by atoms with Crippen LogP contribution in [0, 0.1) is 13.8 Å². The molecule has 2 saturated heterocycles. The summed E-state index contributed by atoms with van der Waals surface area (Å²) in [5, 5.41) is 0. The highest BCUT2D eigenvalue weighted by Gasteiger charge is 2.36. The first-order chi connectivity index (χ1) is 17.2. The predicted molar refractivity (Wildman–Crippen MR) is 134 cm³/mol. The number of benzene rings is 1. The van der Waals surface area contributed by atoms with E-state index in [4.69, 9.17) is 15.0 Å². The number of piperazine rings is 1. The second kappa shape index (κ2) is 9.55. The fourth-order valence-electron chi connectivity index (χ4n) is 4.85. The number of alkyl halides is 3. The van der Waals surface area contributed by atoms with Gasteiger partial charge in [0, 0.05) is 50.5 Å². The van der Waals surface area contributed by atoms with Gasteiger partial charge in [0.1, 0.15) is 5.82 Å². The Morgan fingerprint density at radius 1 is 0.861 bits per heavy atom. The third-order valence-electron chi connectivity index (χ3n) is 7.14. The van der Waals surface area contributed by atoms with Gasteiger partial charge in [-0.3, -0.25) is 0 Å². The second-order valence-electron chi connectivity index (χ2n) is 9.59. The van der Waals surface area contributed by atoms with Crippen LogP contribution in [0.4, 0.5) is 30.9 Å². The summed E-state index contributed by atoms with van der Waals surface area (Å²) in [7, 11) is 0. The Balaban J connectivity index is 1.44. The number of pyridine rings is 1. The van der Waals surface area contributed by atoms with Gasteiger partial charge in [-0.05, 0) is 62.9 Å². The summed E-state index contributed by atoms with van der Waals surface area (Å²) in [6.07, 6.45) is -0.866. The average Bonchev–Trinajstić information content (AvgIpc) is 3.31. The number of rotatable bonds is 4. The molecule has 36 heavy (non-hydrogen) atoms. The van der Waals surface area contributed by atoms with Crippen LogP contribution in [0.2, 0.25) is 0 Å². The third kappa shape index (κ3) is 4.81. The zero-order chi connectivity index (χ0) is 25.4. The van der Waals surface area contributed by atoms with E-state index in [1.165, 1.54) is 17.8 Å². The number of hydrogen-bond donors (Lipinski definition) is 0. The van der Waals surface area contributed by atoms with Gasteiger partial charge < -0.3 is 14.7 Å². The van der Waals surface area contributed by atoms with Gasteiger partial charge in [0.2, 0.25) is 11.9 Å². The van der Waals surface area contributed by atoms with Crippen LogP contribution in [-0.2, 0) is 6.18 Å². The van der Waals surface area contributed by atoms with Crippen molar-refractivity contribution in [3.05, 3.63) is 53.2 Å². The van der Waals surface area contributed by atoms with E-state index < -0.39 is 11.7 Å². The van der Waals surface area contributed by atoms with Crippen molar-refractivity contribution in [2.45, 2.75) is 45.8 Å². The lowest BCUT2D eigenvalue weighted by Crippen LogP contribution is -2.48. The second-order valence-corrected chi connectivity index (χ2v) is 9.59. The largest absolute Gasteiger partial charge is 0.419 e. The molecule has 0 N–H and O–H groups in total. The summed E-state index contributed by atoms with van der Waals surface area (Å²) in [4.78, 5) is 24.5. The Kier molecular flexibility index (Phi) is 6.44. The van der Waals surface area contributed by atoms with E-state index >= 15 is 0 Å². The SMILES string of the molecule is Cc1ccc(-c2nc(N3CCN(c4ncccc4C(F)(F)F)CC3)nc(N3CCCC3C)n2)cc1C. The van der Waals surface area contributed by atoms with Crippen molar-refractivity contribution >= 4 is 17.7 Å². The molecular weight excluding hydrogens is 467 g/mol. The molecule has 2 aromatic heterocycles. The van der Waals surface area contributed by atoms with Crippen molar-refractivity contribution in [2.24, 2.45) is 0 Å². The summed E-state index contributed by atoms with van der Waals surface area (Å²) < 4.78 is 40.6. The zero-order valence-electron chi connectivity index (χ0n) is 20.8. The summed E-state index contributed by atoms with van der Waals surface area (Å²) in [5.41, 5.74) is 2.58. The number of anilines is 3. The maximum atomic E-state index is 13.5. The van der Waals surface area contributed by atoms with Crippen LogP contribution in [0.25, 0.3) is 11.4 Å². The first kappa shape index (κ1) is 24.3. The van der Waals surface area contributed by atoms with E-state index in [1.54, 1.807) is 4.90 Å². The molecule has 7 nitrogen and oxygen atoms in total. The van der Waals surface area contributed by atoms with Crippen LogP contribution < -0.4 is 14.7 Å². The molecule has 3 aromatic rings. The van der Waals surface area contributed by atoms with Crippen LogP contribution in [0.3, 0.4) is 0 Å². The summed E-state index contributed by atoms with van der Waals surface area (Å²) in [6, 6.07) is 8.92. The van der Waals surface area contributed by atoms with E-state index in [1.807, 2.05) is 11.0 Å². The number of aryl methyl sites for hydroxylation is 2. The van der Waals surface area contributed by atoms with Crippen LogP contribution in [-0.4, -0.2) is 58.7 Å². The van der Waals surface area contributed by atoms with E-state index in [2.05, 4.69) is 42.8 Å². The zero-order valence-corrected chi connectivity index (χ0v) is 20.8. The molecule has 0 saturated carbocycles. The lowest BCUT2D eigenvalue weighted by molar-refractivity contribution is -0.137. The third-order valence-corrected chi connectivity index (χ3v) is 7.14. The smallest absolute Gasteiger partial charge is 0.353 e. The van der Waals surface area contributed by atoms with Gasteiger partial charge in [0.15, 0.2) is 5.82 Å². The Morgan fingerprint density at radius 2 is 1.58 bits per heavy atom. The molecule has 4 heterocycles. The molecule has 2 aliphatic rings. The Labute approximate surface area is 209 Å². The van der Waals surface area contributed by atoms with Gasteiger partial charge in [0.05, 0.1) is 5.56 Å². The topological polar surface area (TPSA) is 61.3 Å². The number of hydrogen-bond acceptors (Lipinski definition) is 7. The van der Waals surface area contributed by atoms with E-state index in [-0.39, 0.29) is 5.82 Å². The van der Waals surface area contributed by atoms with Crippen molar-refractivity contribution in [1.29, 1.82) is 0 Å². The number of aromatic nitrogens is 4. The Bertz CT molecular complexity index is 1240. The normalized spacial score (nSPS) is 18.7. The molecule has 0 radical (unpaired) electrons. The number of nitrogens with zero attached hydrogens (tertiary/aromatic N) is 7. The lowest BCUT2D eigenvalue weighted by Gasteiger charge is -2.36. The minimum Gasteiger partial charge on any atom is -0.353 e. The summed E-state index contributed by atoms with van der Waals surface area (Å²) in [6.45, 7) is 8.95. The van der Waals surface area contributed by atoms with Gasteiger partial charge in [-0.2, -0.15) is 28.1 Å². The average molecular weight is 498 g/mol. The molecule has 1 aromatic carbocycles. The fraction of sp³-hybridized carbons (Fsp3) is 0.462. The molecule has 2 fully saturated rings.